The quantitative estimate of drug-likeness (QED) is 0.0405. The van der Waals surface area contributed by atoms with Crippen LogP contribution >= 0.6 is 0 Å². The molecule has 670 valence electrons. The van der Waals surface area contributed by atoms with Crippen molar-refractivity contribution in [3.63, 3.8) is 0 Å². The molecule has 4 aromatic carbocycles. The molecule has 2 saturated heterocycles. The van der Waals surface area contributed by atoms with Gasteiger partial charge in [-0.2, -0.15) is 13.2 Å². The molecule has 9 N–H and O–H groups in total. The number of aromatic nitrogens is 4. The standard InChI is InChI=1S/C84H108FN15O17.C2HF3O2/c1-52-78(108)92-68(46-88-73(104)26-34-115-36-37-116-35-33-100(4,5)6)80(110)90-66-40-57-10-8-11-58(38-57)45-87-75(106)51-117-72-25-30-98-77(72)71(103)44-64(53(2)101)79(109)91-67(39-55-16-19-63(114-7)20-17-55)82(112)99-29-9-27-84(99,3)83(113)86-28-24-54-12-14-56(15-13-54)47-95(76(107)23-22-74(105)89-52)31-32-97-50-62(93-94-97)49-96-48-60(41-59(81(98)111)42-70(66)102)65-43-61(85)18-21-69(65)96;3-2(4,5)1(6)7/h8,10-21,38,43,48,50,52-53,59,64,66-68,72,77,101H,9,22-37,39-42,44-47,49,51H2,1-7H3,(H6-,86,87,88,89,90,91,92,104,105,106,108,109,110,113);(H,6,7)/p+1/t52-,53+,59+,64-,66-,67-,68+,72-,77+,84-;/m0./s1. The highest BCUT2D eigenvalue weighted by molar-refractivity contribution is 6.00. The van der Waals surface area contributed by atoms with Crippen LogP contribution in [0.25, 0.3) is 10.9 Å². The molecule has 6 aromatic rings. The number of aliphatic carboxylic acids is 1. The summed E-state index contributed by atoms with van der Waals surface area (Å²) in [5.74, 6) is -14.6. The third-order valence-electron chi connectivity index (χ3n) is 22.6. The molecule has 38 heteroatoms. The van der Waals surface area contributed by atoms with Crippen LogP contribution in [-0.4, -0.2) is 280 Å². The van der Waals surface area contributed by atoms with Crippen LogP contribution in [0.1, 0.15) is 111 Å². The first-order valence-electron chi connectivity index (χ1n) is 41.4. The Labute approximate surface area is 714 Å². The van der Waals surface area contributed by atoms with Gasteiger partial charge in [0, 0.05) is 107 Å². The largest absolute Gasteiger partial charge is 0.497 e. The molecule has 0 unspecified atom stereocenters. The molecule has 8 heterocycles. The minimum atomic E-state index is -5.08. The third-order valence-corrected chi connectivity index (χ3v) is 22.6. The van der Waals surface area contributed by atoms with Crippen LogP contribution in [0.5, 0.6) is 5.75 Å². The van der Waals surface area contributed by atoms with Gasteiger partial charge in [-0.25, -0.2) is 9.18 Å². The number of rotatable bonds is 15. The topological polar surface area (TPSA) is 429 Å². The third kappa shape index (κ3) is 26.5. The Morgan fingerprint density at radius 2 is 1.44 bits per heavy atom. The van der Waals surface area contributed by atoms with E-state index < -0.39 is 174 Å². The number of carbonyl (C=O) groups excluding carboxylic acids is 12. The number of ether oxygens (including phenoxy) is 4. The van der Waals surface area contributed by atoms with Crippen LogP contribution in [-0.2, 0) is 128 Å². The van der Waals surface area contributed by atoms with Crippen molar-refractivity contribution < 1.29 is 114 Å². The number of likely N-dealkylation sites (N-methyl/N-ethyl adjacent to an activating group) is 1. The molecule has 10 atom stereocenters. The Bertz CT molecular complexity index is 4830. The molecular weight excluding hydrogens is 1620 g/mol. The lowest BCUT2D eigenvalue weighted by Crippen LogP contribution is -2.60. The molecule has 0 aliphatic carbocycles. The molecule has 2 aromatic heterocycles. The summed E-state index contributed by atoms with van der Waals surface area (Å²) in [4.78, 5) is 193. The van der Waals surface area contributed by atoms with Crippen molar-refractivity contribution in [3.05, 3.63) is 148 Å². The van der Waals surface area contributed by atoms with Crippen LogP contribution in [0.4, 0.5) is 17.6 Å². The fourth-order valence-electron chi connectivity index (χ4n) is 15.6. The number of benzene rings is 4. The second-order valence-electron chi connectivity index (χ2n) is 33.0. The first-order chi connectivity index (χ1) is 58.9. The highest BCUT2D eigenvalue weighted by Crippen LogP contribution is 2.35. The van der Waals surface area contributed by atoms with E-state index in [9.17, 15) is 47.0 Å². The predicted octanol–water partition coefficient (Wildman–Crippen LogP) is 2.32. The number of ketones is 2. The zero-order chi connectivity index (χ0) is 89.7. The van der Waals surface area contributed by atoms with Crippen LogP contribution in [0, 0.1) is 17.7 Å². The van der Waals surface area contributed by atoms with E-state index in [0.717, 1.165) is 12.1 Å². The molecule has 124 heavy (non-hydrogen) atoms. The molecule has 10 amide bonds. The molecule has 34 nitrogen and oxygen atoms in total. The zero-order valence-corrected chi connectivity index (χ0v) is 70.5. The van der Waals surface area contributed by atoms with Crippen molar-refractivity contribution in [2.24, 2.45) is 11.8 Å². The predicted molar refractivity (Wildman–Crippen MR) is 438 cm³/mol. The Balaban J connectivity index is 0.00000220. The normalized spacial score (nSPS) is 23.5. The highest BCUT2D eigenvalue weighted by atomic mass is 19.4. The number of methoxy groups -OCH3 is 1. The Kier molecular flexibility index (Phi) is 32.9. The lowest BCUT2D eigenvalue weighted by molar-refractivity contribution is -0.870. The molecule has 6 aliphatic heterocycles. The maximum atomic E-state index is 16.4. The Morgan fingerprint density at radius 3 is 2.15 bits per heavy atom. The fraction of sp³-hybridized carbons (Fsp3) is 0.523. The number of carboxylic acids is 1. The van der Waals surface area contributed by atoms with E-state index in [4.69, 9.17) is 28.8 Å². The van der Waals surface area contributed by atoms with Crippen molar-refractivity contribution in [3.8, 4) is 5.75 Å². The fourth-order valence-corrected chi connectivity index (χ4v) is 15.6. The summed E-state index contributed by atoms with van der Waals surface area (Å²) >= 11 is 0. The van der Waals surface area contributed by atoms with E-state index >= 15 is 33.2 Å². The number of fused-ring (bicyclic) bond motifs is 16. The van der Waals surface area contributed by atoms with E-state index in [1.165, 1.54) is 42.9 Å². The Hall–Kier alpha value is -11.6. The number of halogens is 4. The van der Waals surface area contributed by atoms with E-state index in [1.54, 1.807) is 88.1 Å². The van der Waals surface area contributed by atoms with E-state index in [0.29, 0.717) is 74.1 Å². The van der Waals surface area contributed by atoms with Crippen molar-refractivity contribution in [2.45, 2.75) is 178 Å². The summed E-state index contributed by atoms with van der Waals surface area (Å²) < 4.78 is 74.9. The first-order valence-corrected chi connectivity index (χ1v) is 41.4. The van der Waals surface area contributed by atoms with E-state index in [-0.39, 0.29) is 124 Å². The number of nitrogens with one attached hydrogen (secondary N) is 7. The summed E-state index contributed by atoms with van der Waals surface area (Å²) in [6, 6.07) is 17.5. The van der Waals surface area contributed by atoms with Crippen LogP contribution in [0.3, 0.4) is 0 Å². The van der Waals surface area contributed by atoms with Crippen molar-refractivity contribution in [1.82, 2.24) is 71.5 Å². The number of nitrogens with zero attached hydrogens (tertiary/aromatic N) is 8. The van der Waals surface area contributed by atoms with E-state index in [1.807, 2.05) is 45.4 Å². The molecular formula is C86H110F4N15O19+. The summed E-state index contributed by atoms with van der Waals surface area (Å²) in [5, 5.41) is 47.7. The van der Waals surface area contributed by atoms with Crippen molar-refractivity contribution in [1.29, 1.82) is 0 Å². The second-order valence-corrected chi connectivity index (χ2v) is 33.0. The Morgan fingerprint density at radius 1 is 0.726 bits per heavy atom. The summed E-state index contributed by atoms with van der Waals surface area (Å²) in [6.07, 6.45) is -6.65. The van der Waals surface area contributed by atoms with Gasteiger partial charge in [0.25, 0.3) is 0 Å². The minimum absolute atomic E-state index is 0.0271. The maximum Gasteiger partial charge on any atom is 0.490 e. The average Bonchev–Trinajstić information content (AvgIpc) is 1.62. The number of aliphatic hydroxyl groups is 1. The molecule has 12 rings (SSSR count). The summed E-state index contributed by atoms with van der Waals surface area (Å²) in [5.41, 5.74) is 2.96. The smallest absolute Gasteiger partial charge is 0.490 e. The van der Waals surface area contributed by atoms with Gasteiger partial charge in [-0.15, -0.1) is 5.10 Å². The van der Waals surface area contributed by atoms with E-state index in [2.05, 4.69) is 47.5 Å². The molecule has 2 fully saturated rings. The van der Waals surface area contributed by atoms with Gasteiger partial charge in [-0.3, -0.25) is 62.2 Å². The number of hydrogen-bond donors (Lipinski definition) is 9. The summed E-state index contributed by atoms with van der Waals surface area (Å²) in [6.45, 7) is 5.03. The molecule has 0 saturated carbocycles. The second kappa shape index (κ2) is 43.1. The van der Waals surface area contributed by atoms with Crippen LogP contribution < -0.4 is 42.0 Å². The van der Waals surface area contributed by atoms with Crippen molar-refractivity contribution >= 4 is 87.5 Å². The molecule has 0 spiro atoms. The zero-order valence-electron chi connectivity index (χ0n) is 70.5. The molecule has 0 radical (unpaired) electrons. The van der Waals surface area contributed by atoms with Crippen LogP contribution in [0.15, 0.2) is 103 Å². The number of alkyl halides is 3. The van der Waals surface area contributed by atoms with Gasteiger partial charge in [-0.05, 0) is 123 Å². The number of Topliss-reactive ketones (excluding diaryl/α,β-unsaturated/α-hetero) is 2. The highest BCUT2D eigenvalue weighted by Gasteiger charge is 2.50. The lowest BCUT2D eigenvalue weighted by atomic mass is 9.87. The number of amides is 10. The van der Waals surface area contributed by atoms with Gasteiger partial charge >= 0.3 is 12.1 Å². The first kappa shape index (κ1) is 94.6. The monoisotopic (exact) mass is 1730 g/mol. The SMILES string of the molecule is COc1ccc(C[C@@H]2NC(=O)[C@H]([C@@H](C)O)CC(=O)[C@@H]3[C@@H]4CCN3C(=O)[C@H]3CC(=O)[C@H](Cc5cccc(c5)CNC(=O)CO4)NC(=O)[C@@H](CNC(=O)CCOCCOCC[N+](C)(C)C)NC(=O)[C@H](C)NC(=O)CCC(=O)N(CCn4cc(nn4)Cn4cc(c5cc(F)ccc54)C3)Cc3ccc(cc3)CCNC(=O)[C@]3(C)CCCN3C2=O)cc1.O=C(O)C(F)(F)F. The van der Waals surface area contributed by atoms with Gasteiger partial charge in [0.2, 0.25) is 59.1 Å². The van der Waals surface area contributed by atoms with Crippen LogP contribution in [0.2, 0.25) is 0 Å². The number of aliphatic hydroxyl groups excluding tert-OH is 1. The average molecular weight is 1730 g/mol. The molecule has 6 aliphatic rings. The van der Waals surface area contributed by atoms with Gasteiger partial charge < -0.3 is 90.1 Å². The minimum Gasteiger partial charge on any atom is -0.497 e. The number of quaternary nitrogens is 1. The molecule has 14 bridgehead atoms. The van der Waals surface area contributed by atoms with Crippen molar-refractivity contribution in [2.75, 3.05) is 101 Å². The number of carboxylic acid groups (broad SMARTS) is 1. The van der Waals surface area contributed by atoms with Gasteiger partial charge in [0.1, 0.15) is 60.1 Å². The lowest BCUT2D eigenvalue weighted by Gasteiger charge is -2.37. The van der Waals surface area contributed by atoms with Gasteiger partial charge in [-0.1, -0.05) is 65.9 Å². The maximum absolute atomic E-state index is 16.4. The van der Waals surface area contributed by atoms with Gasteiger partial charge in [0.05, 0.1) is 98.1 Å². The van der Waals surface area contributed by atoms with Gasteiger partial charge in [0.15, 0.2) is 11.6 Å². The number of carbonyl (C=O) groups is 13. The number of hydrogen-bond acceptors (Lipinski definition) is 20. The summed E-state index contributed by atoms with van der Waals surface area (Å²) in [7, 11) is 7.60.